The second kappa shape index (κ2) is 7.58. The van der Waals surface area contributed by atoms with Gasteiger partial charge in [0.15, 0.2) is 0 Å². The average molecular weight is 403 g/mol. The van der Waals surface area contributed by atoms with E-state index in [9.17, 15) is 5.11 Å². The summed E-state index contributed by atoms with van der Waals surface area (Å²) in [6.45, 7) is 8.76. The molecule has 4 nitrogen and oxygen atoms in total. The van der Waals surface area contributed by atoms with Gasteiger partial charge in [0.1, 0.15) is 0 Å². The van der Waals surface area contributed by atoms with E-state index < -0.39 is 6.10 Å². The molecule has 0 radical (unpaired) electrons. The van der Waals surface area contributed by atoms with Crippen molar-refractivity contribution in [2.75, 3.05) is 0 Å². The first-order chi connectivity index (χ1) is 11.3. The number of hydrogen-bond donors (Lipinski definition) is 1. The Morgan fingerprint density at radius 2 is 1.76 bits per heavy atom. The number of rotatable bonds is 4. The van der Waals surface area contributed by atoms with Gasteiger partial charge in [-0.1, -0.05) is 35.3 Å². The number of hydrogen-bond acceptors (Lipinski definition) is 2. The van der Waals surface area contributed by atoms with Gasteiger partial charge in [-0.3, -0.25) is 4.68 Å². The summed E-state index contributed by atoms with van der Waals surface area (Å²) >= 11 is 12.6. The van der Waals surface area contributed by atoms with E-state index in [4.69, 9.17) is 23.2 Å². The van der Waals surface area contributed by atoms with Crippen molar-refractivity contribution >= 4 is 46.5 Å². The average Bonchev–Trinajstić information content (AvgIpc) is 2.92. The molecule has 0 fully saturated rings. The van der Waals surface area contributed by atoms with Crippen LogP contribution in [0.15, 0.2) is 18.2 Å². The van der Waals surface area contributed by atoms with E-state index in [1.807, 2.05) is 26.0 Å². The van der Waals surface area contributed by atoms with Crippen LogP contribution in [0, 0.1) is 27.7 Å². The molecule has 7 heteroatoms. The lowest BCUT2D eigenvalue weighted by atomic mass is 10.2. The fourth-order valence-corrected chi connectivity index (χ4v) is 3.62. The van der Waals surface area contributed by atoms with Gasteiger partial charge >= 0.3 is 0 Å². The lowest BCUT2D eigenvalue weighted by molar-refractivity contribution is 0.130. The number of nitrogens with zero attached hydrogens (tertiary/aromatic N) is 3. The molecule has 3 rings (SSSR count). The molecule has 1 N–H and O–H groups in total. The Bertz CT molecular complexity index is 914. The number of aromatic nitrogens is 3. The molecule has 0 aliphatic rings. The van der Waals surface area contributed by atoms with E-state index in [1.165, 1.54) is 5.56 Å². The molecule has 0 saturated carbocycles. The van der Waals surface area contributed by atoms with Gasteiger partial charge in [0.2, 0.25) is 0 Å². The van der Waals surface area contributed by atoms with Crippen LogP contribution in [0.4, 0.5) is 0 Å². The van der Waals surface area contributed by atoms with Gasteiger partial charge in [-0.2, -0.15) is 5.10 Å². The lowest BCUT2D eigenvalue weighted by Crippen LogP contribution is -2.24. The summed E-state index contributed by atoms with van der Waals surface area (Å²) in [7, 11) is 0. The number of aliphatic hydroxyl groups is 1. The zero-order valence-electron chi connectivity index (χ0n) is 14.7. The van der Waals surface area contributed by atoms with Gasteiger partial charge in [-0.05, 0) is 39.3 Å². The fourth-order valence-electron chi connectivity index (χ4n) is 3.21. The fraction of sp³-hybridized carbons (Fsp3) is 0.389. The highest BCUT2D eigenvalue weighted by molar-refractivity contribution is 6.35. The maximum atomic E-state index is 10.6. The SMILES string of the molecule is Cc1nn(CC(O)Cn2c(C)c(C)c3cccc(Cl)c32)c(C)c1Cl.Cl. The summed E-state index contributed by atoms with van der Waals surface area (Å²) in [6.07, 6.45) is -0.593. The molecule has 0 bridgehead atoms. The summed E-state index contributed by atoms with van der Waals surface area (Å²) in [5.74, 6) is 0. The predicted octanol–water partition coefficient (Wildman–Crippen LogP) is 4.86. The van der Waals surface area contributed by atoms with Gasteiger partial charge in [-0.15, -0.1) is 12.4 Å². The molecular weight excluding hydrogens is 381 g/mol. The molecule has 1 atom stereocenters. The van der Waals surface area contributed by atoms with E-state index in [1.54, 1.807) is 4.68 Å². The standard InChI is InChI=1S/C18H21Cl2N3O.ClH/c1-10-12(3)22(18-15(10)6-5-7-16(18)19)8-14(24)9-23-13(4)17(20)11(2)21-23;/h5-7,14,24H,8-9H2,1-4H3;1H. The number of para-hydroxylation sites is 1. The van der Waals surface area contributed by atoms with Crippen molar-refractivity contribution in [2.24, 2.45) is 0 Å². The highest BCUT2D eigenvalue weighted by atomic mass is 35.5. The number of fused-ring (bicyclic) bond motifs is 1. The minimum atomic E-state index is -0.593. The van der Waals surface area contributed by atoms with Crippen molar-refractivity contribution in [3.63, 3.8) is 0 Å². The van der Waals surface area contributed by atoms with E-state index in [2.05, 4.69) is 29.6 Å². The van der Waals surface area contributed by atoms with Crippen LogP contribution in [0.3, 0.4) is 0 Å². The predicted molar refractivity (Wildman–Crippen MR) is 106 cm³/mol. The number of benzene rings is 1. The second-order valence-electron chi connectivity index (χ2n) is 6.28. The van der Waals surface area contributed by atoms with Crippen molar-refractivity contribution in [1.82, 2.24) is 14.3 Å². The van der Waals surface area contributed by atoms with Crippen molar-refractivity contribution in [1.29, 1.82) is 0 Å². The monoisotopic (exact) mass is 401 g/mol. The summed E-state index contributed by atoms with van der Waals surface area (Å²) < 4.78 is 3.85. The molecule has 3 aromatic rings. The molecule has 0 aliphatic heterocycles. The Kier molecular flexibility index (Phi) is 6.10. The molecule has 2 heterocycles. The lowest BCUT2D eigenvalue weighted by Gasteiger charge is -2.16. The third kappa shape index (κ3) is 3.54. The van der Waals surface area contributed by atoms with Gasteiger partial charge in [-0.25, -0.2) is 0 Å². The van der Waals surface area contributed by atoms with Crippen molar-refractivity contribution in [2.45, 2.75) is 46.9 Å². The number of aliphatic hydroxyl groups excluding tert-OH is 1. The van der Waals surface area contributed by atoms with Crippen LogP contribution in [-0.4, -0.2) is 25.6 Å². The first-order valence-corrected chi connectivity index (χ1v) is 8.68. The minimum absolute atomic E-state index is 0. The van der Waals surface area contributed by atoms with Crippen molar-refractivity contribution < 1.29 is 5.11 Å². The van der Waals surface area contributed by atoms with E-state index >= 15 is 0 Å². The quantitative estimate of drug-likeness (QED) is 0.677. The van der Waals surface area contributed by atoms with Crippen LogP contribution in [-0.2, 0) is 13.1 Å². The molecule has 0 amide bonds. The van der Waals surface area contributed by atoms with Crippen LogP contribution in [0.25, 0.3) is 10.9 Å². The summed E-state index contributed by atoms with van der Waals surface area (Å²) in [5, 5.41) is 17.5. The molecule has 1 aromatic carbocycles. The molecule has 1 unspecified atom stereocenters. The molecular formula is C18H22Cl3N3O. The Morgan fingerprint density at radius 1 is 1.08 bits per heavy atom. The first-order valence-electron chi connectivity index (χ1n) is 7.92. The van der Waals surface area contributed by atoms with Crippen LogP contribution in [0.5, 0.6) is 0 Å². The van der Waals surface area contributed by atoms with Crippen molar-refractivity contribution in [3.8, 4) is 0 Å². The zero-order valence-corrected chi connectivity index (χ0v) is 17.0. The number of halogens is 3. The molecule has 2 aromatic heterocycles. The van der Waals surface area contributed by atoms with Gasteiger partial charge in [0.05, 0.1) is 46.1 Å². The molecule has 136 valence electrons. The van der Waals surface area contributed by atoms with Gasteiger partial charge in [0, 0.05) is 11.1 Å². The van der Waals surface area contributed by atoms with E-state index in [0.29, 0.717) is 23.1 Å². The second-order valence-corrected chi connectivity index (χ2v) is 7.06. The van der Waals surface area contributed by atoms with E-state index in [0.717, 1.165) is 28.0 Å². The van der Waals surface area contributed by atoms with Crippen LogP contribution >= 0.6 is 35.6 Å². The molecule has 0 spiro atoms. The van der Waals surface area contributed by atoms with Gasteiger partial charge < -0.3 is 9.67 Å². The molecule has 0 aliphatic carbocycles. The third-order valence-electron chi connectivity index (χ3n) is 4.68. The van der Waals surface area contributed by atoms with Crippen molar-refractivity contribution in [3.05, 3.63) is 50.9 Å². The maximum Gasteiger partial charge on any atom is 0.0914 e. The normalized spacial score (nSPS) is 12.4. The summed E-state index contributed by atoms with van der Waals surface area (Å²) in [5.41, 5.74) is 4.93. The summed E-state index contributed by atoms with van der Waals surface area (Å²) in [6, 6.07) is 5.90. The number of aryl methyl sites for hydroxylation is 2. The third-order valence-corrected chi connectivity index (χ3v) is 5.53. The molecule has 0 saturated heterocycles. The summed E-state index contributed by atoms with van der Waals surface area (Å²) in [4.78, 5) is 0. The van der Waals surface area contributed by atoms with Gasteiger partial charge in [0.25, 0.3) is 0 Å². The Labute approximate surface area is 163 Å². The topological polar surface area (TPSA) is 43.0 Å². The smallest absolute Gasteiger partial charge is 0.0914 e. The zero-order chi connectivity index (χ0) is 17.6. The van der Waals surface area contributed by atoms with Crippen LogP contribution < -0.4 is 0 Å². The highest BCUT2D eigenvalue weighted by Gasteiger charge is 2.18. The highest BCUT2D eigenvalue weighted by Crippen LogP contribution is 2.31. The minimum Gasteiger partial charge on any atom is -0.389 e. The van der Waals surface area contributed by atoms with Crippen LogP contribution in [0.1, 0.15) is 22.6 Å². The maximum absolute atomic E-state index is 10.6. The van der Waals surface area contributed by atoms with E-state index in [-0.39, 0.29) is 12.4 Å². The Morgan fingerprint density at radius 3 is 2.36 bits per heavy atom. The molecule has 25 heavy (non-hydrogen) atoms. The Balaban J connectivity index is 0.00000225. The van der Waals surface area contributed by atoms with Crippen LogP contribution in [0.2, 0.25) is 10.0 Å². The Hall–Kier alpha value is -1.20. The largest absolute Gasteiger partial charge is 0.389 e. The first kappa shape index (κ1) is 20.1.